The van der Waals surface area contributed by atoms with E-state index in [1.54, 1.807) is 0 Å². The molecule has 3 N–H and O–H groups in total. The van der Waals surface area contributed by atoms with E-state index in [0.29, 0.717) is 6.42 Å². The highest BCUT2D eigenvalue weighted by Gasteiger charge is 2.24. The first-order valence-electron chi connectivity index (χ1n) is 7.44. The Balaban J connectivity index is 2.42. The molecule has 20 heavy (non-hydrogen) atoms. The molecule has 0 aromatic rings. The van der Waals surface area contributed by atoms with Gasteiger partial charge >= 0.3 is 12.0 Å². The van der Waals surface area contributed by atoms with Crippen LogP contribution in [0.15, 0.2) is 0 Å². The topological polar surface area (TPSA) is 81.7 Å². The van der Waals surface area contributed by atoms with Gasteiger partial charge in [0.25, 0.3) is 0 Å². The molecule has 0 bridgehead atoms. The standard InChI is InChI=1S/C14H27N3O3/c1-4-17-7-5-6-11(9-17)15-14(20)16-12(13(18)19)8-10(2)3/h10-12H,4-9H2,1-3H3,(H,18,19)(H2,15,16,20)/t11?,12-/m1/s1. The molecule has 0 spiro atoms. The third kappa shape index (κ3) is 5.77. The van der Waals surface area contributed by atoms with Crippen molar-refractivity contribution in [3.05, 3.63) is 0 Å². The average Bonchev–Trinajstić information content (AvgIpc) is 2.37. The number of carboxylic acids is 1. The third-order valence-electron chi connectivity index (χ3n) is 3.60. The van der Waals surface area contributed by atoms with Crippen LogP contribution in [0, 0.1) is 5.92 Å². The van der Waals surface area contributed by atoms with E-state index in [9.17, 15) is 9.59 Å². The van der Waals surface area contributed by atoms with Gasteiger partial charge in [-0.1, -0.05) is 20.8 Å². The van der Waals surface area contributed by atoms with Crippen molar-refractivity contribution in [1.82, 2.24) is 15.5 Å². The number of rotatable bonds is 6. The smallest absolute Gasteiger partial charge is 0.326 e. The van der Waals surface area contributed by atoms with Crippen molar-refractivity contribution < 1.29 is 14.7 Å². The van der Waals surface area contributed by atoms with Gasteiger partial charge in [0.05, 0.1) is 0 Å². The zero-order chi connectivity index (χ0) is 15.1. The van der Waals surface area contributed by atoms with E-state index < -0.39 is 12.0 Å². The quantitative estimate of drug-likeness (QED) is 0.686. The number of hydrogen-bond donors (Lipinski definition) is 3. The number of hydrogen-bond acceptors (Lipinski definition) is 3. The number of amides is 2. The van der Waals surface area contributed by atoms with Crippen LogP contribution in [0.2, 0.25) is 0 Å². The second-order valence-corrected chi connectivity index (χ2v) is 5.87. The van der Waals surface area contributed by atoms with Crippen LogP contribution in [0.5, 0.6) is 0 Å². The van der Waals surface area contributed by atoms with Crippen LogP contribution in [0.1, 0.15) is 40.0 Å². The minimum absolute atomic E-state index is 0.109. The van der Waals surface area contributed by atoms with Gasteiger partial charge < -0.3 is 20.6 Å². The molecule has 1 rings (SSSR count). The maximum atomic E-state index is 11.9. The molecule has 0 aromatic heterocycles. The lowest BCUT2D eigenvalue weighted by atomic mass is 10.0. The fraction of sp³-hybridized carbons (Fsp3) is 0.857. The SMILES string of the molecule is CCN1CCCC(NC(=O)N[C@H](CC(C)C)C(=O)O)C1. The van der Waals surface area contributed by atoms with E-state index >= 15 is 0 Å². The summed E-state index contributed by atoms with van der Waals surface area (Å²) in [5.74, 6) is -0.755. The lowest BCUT2D eigenvalue weighted by Gasteiger charge is -2.32. The number of likely N-dealkylation sites (N-methyl/N-ethyl adjacent to an activating group) is 1. The normalized spacial score (nSPS) is 21.5. The Kier molecular flexibility index (Phi) is 6.78. The Morgan fingerprint density at radius 3 is 2.65 bits per heavy atom. The second-order valence-electron chi connectivity index (χ2n) is 5.87. The summed E-state index contributed by atoms with van der Waals surface area (Å²) >= 11 is 0. The van der Waals surface area contributed by atoms with E-state index in [4.69, 9.17) is 5.11 Å². The summed E-state index contributed by atoms with van der Waals surface area (Å²) in [4.78, 5) is 25.3. The van der Waals surface area contributed by atoms with Crippen LogP contribution in [-0.2, 0) is 4.79 Å². The molecule has 0 radical (unpaired) electrons. The molecule has 0 aliphatic carbocycles. The maximum Gasteiger partial charge on any atom is 0.326 e. The van der Waals surface area contributed by atoms with Gasteiger partial charge in [-0.05, 0) is 38.3 Å². The molecule has 1 heterocycles. The predicted molar refractivity (Wildman–Crippen MR) is 77.7 cm³/mol. The Morgan fingerprint density at radius 2 is 2.10 bits per heavy atom. The first-order chi connectivity index (χ1) is 9.42. The summed E-state index contributed by atoms with van der Waals surface area (Å²) in [6, 6.07) is -1.08. The van der Waals surface area contributed by atoms with Gasteiger partial charge in [0.15, 0.2) is 0 Å². The first kappa shape index (κ1) is 16.8. The van der Waals surface area contributed by atoms with Crippen LogP contribution in [-0.4, -0.2) is 53.7 Å². The van der Waals surface area contributed by atoms with Crippen LogP contribution in [0.25, 0.3) is 0 Å². The molecule has 1 unspecified atom stereocenters. The number of nitrogens with one attached hydrogen (secondary N) is 2. The summed E-state index contributed by atoms with van der Waals surface area (Å²) in [5, 5.41) is 14.6. The molecule has 116 valence electrons. The highest BCUT2D eigenvalue weighted by molar-refractivity contribution is 5.82. The molecule has 0 saturated carbocycles. The summed E-state index contributed by atoms with van der Waals surface area (Å²) in [5.41, 5.74) is 0. The lowest BCUT2D eigenvalue weighted by Crippen LogP contribution is -2.53. The van der Waals surface area contributed by atoms with Gasteiger partial charge in [-0.15, -0.1) is 0 Å². The molecule has 2 amide bonds. The number of likely N-dealkylation sites (tertiary alicyclic amines) is 1. The van der Waals surface area contributed by atoms with E-state index in [2.05, 4.69) is 22.5 Å². The van der Waals surface area contributed by atoms with Crippen LogP contribution >= 0.6 is 0 Å². The number of carbonyl (C=O) groups excluding carboxylic acids is 1. The summed E-state index contributed by atoms with van der Waals surface area (Å²) < 4.78 is 0. The zero-order valence-electron chi connectivity index (χ0n) is 12.7. The predicted octanol–water partition coefficient (Wildman–Crippen LogP) is 1.27. The number of piperidine rings is 1. The zero-order valence-corrected chi connectivity index (χ0v) is 12.7. The Bertz CT molecular complexity index is 334. The van der Waals surface area contributed by atoms with Gasteiger partial charge in [0, 0.05) is 12.6 Å². The van der Waals surface area contributed by atoms with Crippen molar-refractivity contribution in [3.8, 4) is 0 Å². The molecule has 1 fully saturated rings. The number of carbonyl (C=O) groups is 2. The molecular weight excluding hydrogens is 258 g/mol. The van der Waals surface area contributed by atoms with Gasteiger partial charge in [-0.25, -0.2) is 9.59 Å². The average molecular weight is 285 g/mol. The van der Waals surface area contributed by atoms with Crippen molar-refractivity contribution in [3.63, 3.8) is 0 Å². The minimum atomic E-state index is -0.979. The molecule has 6 heteroatoms. The van der Waals surface area contributed by atoms with Crippen LogP contribution in [0.4, 0.5) is 4.79 Å². The number of carboxylic acid groups (broad SMARTS) is 1. The maximum absolute atomic E-state index is 11.9. The van der Waals surface area contributed by atoms with Gasteiger partial charge in [0.2, 0.25) is 0 Å². The summed E-state index contributed by atoms with van der Waals surface area (Å²) in [6.45, 7) is 8.87. The second kappa shape index (κ2) is 8.09. The number of urea groups is 1. The van der Waals surface area contributed by atoms with E-state index in [-0.39, 0.29) is 18.0 Å². The fourth-order valence-electron chi connectivity index (χ4n) is 2.54. The van der Waals surface area contributed by atoms with Crippen LogP contribution in [0.3, 0.4) is 0 Å². The van der Waals surface area contributed by atoms with Crippen LogP contribution < -0.4 is 10.6 Å². The van der Waals surface area contributed by atoms with Crippen molar-refractivity contribution in [2.24, 2.45) is 5.92 Å². The van der Waals surface area contributed by atoms with Crippen molar-refractivity contribution >= 4 is 12.0 Å². The highest BCUT2D eigenvalue weighted by Crippen LogP contribution is 2.10. The van der Waals surface area contributed by atoms with E-state index in [1.165, 1.54) is 0 Å². The molecular formula is C14H27N3O3. The summed E-state index contributed by atoms with van der Waals surface area (Å²) in [7, 11) is 0. The van der Waals surface area contributed by atoms with Crippen molar-refractivity contribution in [2.45, 2.75) is 52.1 Å². The first-order valence-corrected chi connectivity index (χ1v) is 7.44. The molecule has 1 aliphatic rings. The van der Waals surface area contributed by atoms with E-state index in [0.717, 1.165) is 32.5 Å². The van der Waals surface area contributed by atoms with Crippen molar-refractivity contribution in [1.29, 1.82) is 0 Å². The largest absolute Gasteiger partial charge is 0.480 e. The van der Waals surface area contributed by atoms with Gasteiger partial charge in [-0.3, -0.25) is 0 Å². The third-order valence-corrected chi connectivity index (χ3v) is 3.60. The lowest BCUT2D eigenvalue weighted by molar-refractivity contribution is -0.139. The van der Waals surface area contributed by atoms with E-state index in [1.807, 2.05) is 13.8 Å². The van der Waals surface area contributed by atoms with Gasteiger partial charge in [0.1, 0.15) is 6.04 Å². The Morgan fingerprint density at radius 1 is 1.40 bits per heavy atom. The number of nitrogens with zero attached hydrogens (tertiary/aromatic N) is 1. The Hall–Kier alpha value is -1.30. The molecule has 0 aromatic carbocycles. The molecule has 1 saturated heterocycles. The number of aliphatic carboxylic acids is 1. The Labute approximate surface area is 120 Å². The summed E-state index contributed by atoms with van der Waals surface area (Å²) in [6.07, 6.45) is 2.45. The minimum Gasteiger partial charge on any atom is -0.480 e. The molecule has 2 atom stereocenters. The van der Waals surface area contributed by atoms with Gasteiger partial charge in [-0.2, -0.15) is 0 Å². The van der Waals surface area contributed by atoms with Crippen molar-refractivity contribution in [2.75, 3.05) is 19.6 Å². The fourth-order valence-corrected chi connectivity index (χ4v) is 2.54. The molecule has 1 aliphatic heterocycles. The molecule has 6 nitrogen and oxygen atoms in total. The monoisotopic (exact) mass is 285 g/mol. The highest BCUT2D eigenvalue weighted by atomic mass is 16.4.